The van der Waals surface area contributed by atoms with Gasteiger partial charge in [-0.2, -0.15) is 5.26 Å². The van der Waals surface area contributed by atoms with Crippen molar-refractivity contribution in [3.8, 4) is 6.07 Å². The maximum absolute atomic E-state index is 13.1. The number of allylic oxidation sites excluding steroid dienone is 1. The highest BCUT2D eigenvalue weighted by Gasteiger charge is 2.07. The summed E-state index contributed by atoms with van der Waals surface area (Å²) in [6.45, 7) is 0. The molecule has 3 nitrogen and oxygen atoms in total. The molecular formula is C11H8FNO2. The fourth-order valence-corrected chi connectivity index (χ4v) is 1.04. The third-order valence-electron chi connectivity index (χ3n) is 1.75. The molecule has 0 spiro atoms. The number of nitriles is 1. The number of carbonyl (C=O) groups excluding carboxylic acids is 1. The summed E-state index contributed by atoms with van der Waals surface area (Å²) in [5, 5.41) is 8.29. The van der Waals surface area contributed by atoms with Crippen LogP contribution in [0.5, 0.6) is 0 Å². The second-order valence-corrected chi connectivity index (χ2v) is 2.69. The van der Waals surface area contributed by atoms with Crippen LogP contribution < -0.4 is 0 Å². The van der Waals surface area contributed by atoms with Gasteiger partial charge in [0.15, 0.2) is 0 Å². The van der Waals surface area contributed by atoms with Crippen molar-refractivity contribution in [3.63, 3.8) is 0 Å². The number of methoxy groups -OCH3 is 1. The lowest BCUT2D eigenvalue weighted by Crippen LogP contribution is -2.01. The van der Waals surface area contributed by atoms with Crippen LogP contribution in [-0.2, 0) is 4.74 Å². The van der Waals surface area contributed by atoms with Crippen molar-refractivity contribution in [3.05, 3.63) is 41.2 Å². The number of halogens is 1. The van der Waals surface area contributed by atoms with Gasteiger partial charge in [-0.05, 0) is 24.3 Å². The predicted octanol–water partition coefficient (Wildman–Crippen LogP) is 2.15. The van der Waals surface area contributed by atoms with E-state index in [1.165, 1.54) is 25.3 Å². The summed E-state index contributed by atoms with van der Waals surface area (Å²) in [4.78, 5) is 11.1. The Balaban J connectivity index is 3.12. The number of esters is 1. The van der Waals surface area contributed by atoms with Crippen LogP contribution in [0, 0.1) is 17.1 Å². The molecule has 0 heterocycles. The van der Waals surface area contributed by atoms with Gasteiger partial charge in [0.2, 0.25) is 0 Å². The molecule has 1 aromatic carbocycles. The van der Waals surface area contributed by atoms with Gasteiger partial charge in [-0.25, -0.2) is 9.18 Å². The largest absolute Gasteiger partial charge is 0.465 e. The van der Waals surface area contributed by atoms with E-state index >= 15 is 0 Å². The molecule has 15 heavy (non-hydrogen) atoms. The molecule has 0 aliphatic carbocycles. The van der Waals surface area contributed by atoms with Crippen LogP contribution in [0.2, 0.25) is 0 Å². The van der Waals surface area contributed by atoms with E-state index in [9.17, 15) is 9.18 Å². The topological polar surface area (TPSA) is 50.1 Å². The molecule has 0 aromatic heterocycles. The molecule has 0 unspecified atom stereocenters. The van der Waals surface area contributed by atoms with Crippen LogP contribution in [0.4, 0.5) is 4.39 Å². The first-order valence-electron chi connectivity index (χ1n) is 4.13. The zero-order valence-corrected chi connectivity index (χ0v) is 8.03. The Kier molecular flexibility index (Phi) is 3.58. The number of benzene rings is 1. The number of hydrogen-bond donors (Lipinski definition) is 0. The Morgan fingerprint density at radius 2 is 2.33 bits per heavy atom. The first kappa shape index (κ1) is 10.9. The Labute approximate surface area is 86.4 Å². The second-order valence-electron chi connectivity index (χ2n) is 2.69. The fourth-order valence-electron chi connectivity index (χ4n) is 1.04. The van der Waals surface area contributed by atoms with Crippen molar-refractivity contribution in [2.24, 2.45) is 0 Å². The molecule has 1 rings (SSSR count). The SMILES string of the molecule is COC(=O)c1ccc(F)c(C=CC#N)c1. The van der Waals surface area contributed by atoms with Gasteiger partial charge in [-0.15, -0.1) is 0 Å². The number of nitrogens with zero attached hydrogens (tertiary/aromatic N) is 1. The summed E-state index contributed by atoms with van der Waals surface area (Å²) < 4.78 is 17.6. The van der Waals surface area contributed by atoms with Crippen LogP contribution in [0.1, 0.15) is 15.9 Å². The van der Waals surface area contributed by atoms with Crippen LogP contribution in [0.25, 0.3) is 6.08 Å². The van der Waals surface area contributed by atoms with E-state index < -0.39 is 11.8 Å². The van der Waals surface area contributed by atoms with Crippen molar-refractivity contribution in [1.82, 2.24) is 0 Å². The second kappa shape index (κ2) is 4.91. The minimum Gasteiger partial charge on any atom is -0.465 e. The Bertz CT molecular complexity index is 446. The predicted molar refractivity (Wildman–Crippen MR) is 52.4 cm³/mol. The number of hydrogen-bond acceptors (Lipinski definition) is 3. The quantitative estimate of drug-likeness (QED) is 0.549. The molecule has 76 valence electrons. The van der Waals surface area contributed by atoms with E-state index in [0.717, 1.165) is 12.1 Å². The highest BCUT2D eigenvalue weighted by atomic mass is 19.1. The molecule has 0 atom stereocenters. The summed E-state index contributed by atoms with van der Waals surface area (Å²) in [6, 6.07) is 5.55. The monoisotopic (exact) mass is 205 g/mol. The third-order valence-corrected chi connectivity index (χ3v) is 1.75. The average molecular weight is 205 g/mol. The van der Waals surface area contributed by atoms with E-state index in [1.807, 2.05) is 0 Å². The molecule has 0 fully saturated rings. The first-order chi connectivity index (χ1) is 7.19. The molecule has 4 heteroatoms. The van der Waals surface area contributed by atoms with Crippen LogP contribution in [0.15, 0.2) is 24.3 Å². The molecule has 0 N–H and O–H groups in total. The Hall–Kier alpha value is -2.15. The van der Waals surface area contributed by atoms with E-state index in [-0.39, 0.29) is 11.1 Å². The molecule has 0 saturated heterocycles. The molecule has 0 aliphatic heterocycles. The molecule has 1 aromatic rings. The van der Waals surface area contributed by atoms with Crippen LogP contribution >= 0.6 is 0 Å². The summed E-state index contributed by atoms with van der Waals surface area (Å²) in [5.41, 5.74) is 0.427. The average Bonchev–Trinajstić information content (AvgIpc) is 2.27. The Morgan fingerprint density at radius 1 is 1.60 bits per heavy atom. The molecule has 0 saturated carbocycles. The number of carbonyl (C=O) groups is 1. The van der Waals surface area contributed by atoms with Crippen molar-refractivity contribution in [1.29, 1.82) is 5.26 Å². The Morgan fingerprint density at radius 3 is 2.93 bits per heavy atom. The zero-order valence-electron chi connectivity index (χ0n) is 8.03. The van der Waals surface area contributed by atoms with E-state index in [1.54, 1.807) is 6.07 Å². The highest BCUT2D eigenvalue weighted by Crippen LogP contribution is 2.13. The zero-order chi connectivity index (χ0) is 11.3. The number of ether oxygens (including phenoxy) is 1. The lowest BCUT2D eigenvalue weighted by Gasteiger charge is -2.01. The summed E-state index contributed by atoms with van der Waals surface area (Å²) in [7, 11) is 1.25. The molecule has 0 aliphatic rings. The summed E-state index contributed by atoms with van der Waals surface area (Å²) >= 11 is 0. The van der Waals surface area contributed by atoms with Gasteiger partial charge in [0.1, 0.15) is 5.82 Å². The van der Waals surface area contributed by atoms with E-state index in [2.05, 4.69) is 4.74 Å². The highest BCUT2D eigenvalue weighted by molar-refractivity contribution is 5.90. The molecule has 0 amide bonds. The third kappa shape index (κ3) is 2.64. The van der Waals surface area contributed by atoms with Gasteiger partial charge in [-0.1, -0.05) is 0 Å². The van der Waals surface area contributed by atoms with Gasteiger partial charge in [0.05, 0.1) is 18.7 Å². The first-order valence-corrected chi connectivity index (χ1v) is 4.13. The minimum atomic E-state index is -0.540. The smallest absolute Gasteiger partial charge is 0.337 e. The van der Waals surface area contributed by atoms with Gasteiger partial charge < -0.3 is 4.74 Å². The van der Waals surface area contributed by atoms with Crippen molar-refractivity contribution < 1.29 is 13.9 Å². The van der Waals surface area contributed by atoms with Crippen molar-refractivity contribution in [2.75, 3.05) is 7.11 Å². The van der Waals surface area contributed by atoms with Gasteiger partial charge in [0.25, 0.3) is 0 Å². The summed E-state index contributed by atoms with van der Waals surface area (Å²) in [6.07, 6.45) is 2.43. The standard InChI is InChI=1S/C11H8FNO2/c1-15-11(14)9-4-5-10(12)8(7-9)3-2-6-13/h2-5,7H,1H3. The maximum atomic E-state index is 13.1. The van der Waals surface area contributed by atoms with Crippen LogP contribution in [0.3, 0.4) is 0 Å². The lowest BCUT2D eigenvalue weighted by atomic mass is 10.1. The van der Waals surface area contributed by atoms with Crippen molar-refractivity contribution >= 4 is 12.0 Å². The molecule has 0 bridgehead atoms. The maximum Gasteiger partial charge on any atom is 0.337 e. The van der Waals surface area contributed by atoms with Crippen LogP contribution in [-0.4, -0.2) is 13.1 Å². The minimum absolute atomic E-state index is 0.180. The van der Waals surface area contributed by atoms with E-state index in [0.29, 0.717) is 0 Å². The number of rotatable bonds is 2. The van der Waals surface area contributed by atoms with Gasteiger partial charge in [-0.3, -0.25) is 0 Å². The van der Waals surface area contributed by atoms with E-state index in [4.69, 9.17) is 5.26 Å². The van der Waals surface area contributed by atoms with Crippen molar-refractivity contribution in [2.45, 2.75) is 0 Å². The van der Waals surface area contributed by atoms with Gasteiger partial charge in [0, 0.05) is 11.6 Å². The normalized spacial score (nSPS) is 9.93. The summed E-state index contributed by atoms with van der Waals surface area (Å²) in [5.74, 6) is -1.03. The molecular weight excluding hydrogens is 197 g/mol. The molecule has 0 radical (unpaired) electrons. The lowest BCUT2D eigenvalue weighted by molar-refractivity contribution is 0.0600. The fraction of sp³-hybridized carbons (Fsp3) is 0.0909. The van der Waals surface area contributed by atoms with Gasteiger partial charge >= 0.3 is 5.97 Å².